The van der Waals surface area contributed by atoms with Crippen molar-refractivity contribution in [3.8, 4) is 44.5 Å². The van der Waals surface area contributed by atoms with Gasteiger partial charge in [-0.3, -0.25) is 0 Å². The molecule has 0 heterocycles. The first-order valence-electron chi connectivity index (χ1n) is 11.9. The van der Waals surface area contributed by atoms with E-state index in [0.29, 0.717) is 0 Å². The van der Waals surface area contributed by atoms with Crippen molar-refractivity contribution < 1.29 is 0 Å². The summed E-state index contributed by atoms with van der Waals surface area (Å²) in [5, 5.41) is 0. The Bertz CT molecular complexity index is 1600. The van der Waals surface area contributed by atoms with Gasteiger partial charge in [0.25, 0.3) is 0 Å². The van der Waals surface area contributed by atoms with Gasteiger partial charge in [0.2, 0.25) is 0 Å². The first-order chi connectivity index (χ1) is 16.4. The van der Waals surface area contributed by atoms with Gasteiger partial charge < -0.3 is 0 Å². The Morgan fingerprint density at radius 3 is 1.73 bits per heavy atom. The van der Waals surface area contributed by atoms with E-state index in [9.17, 15) is 0 Å². The Labute approximate surface area is 194 Å². The van der Waals surface area contributed by atoms with Gasteiger partial charge in [-0.1, -0.05) is 91.0 Å². The van der Waals surface area contributed by atoms with Gasteiger partial charge in [0.15, 0.2) is 0 Å². The molecule has 5 aromatic carbocycles. The van der Waals surface area contributed by atoms with Crippen molar-refractivity contribution >= 4 is 0 Å². The molecule has 5 aromatic rings. The van der Waals surface area contributed by atoms with Crippen LogP contribution in [0.2, 0.25) is 0 Å². The van der Waals surface area contributed by atoms with Gasteiger partial charge in [-0.2, -0.15) is 0 Å². The van der Waals surface area contributed by atoms with Crippen molar-refractivity contribution in [2.75, 3.05) is 0 Å². The molecule has 0 radical (unpaired) electrons. The second-order valence-corrected chi connectivity index (χ2v) is 9.63. The van der Waals surface area contributed by atoms with Crippen molar-refractivity contribution in [3.05, 3.63) is 130 Å². The van der Waals surface area contributed by atoms with Gasteiger partial charge in [-0.25, -0.2) is 0 Å². The molecule has 0 atom stereocenters. The molecule has 0 saturated carbocycles. The third kappa shape index (κ3) is 2.64. The summed E-state index contributed by atoms with van der Waals surface area (Å²) >= 11 is 0. The van der Waals surface area contributed by atoms with E-state index in [-0.39, 0.29) is 0 Å². The summed E-state index contributed by atoms with van der Waals surface area (Å²) in [6.07, 6.45) is 3.42. The monoisotopic (exact) mass is 418 g/mol. The van der Waals surface area contributed by atoms with Gasteiger partial charge >= 0.3 is 0 Å². The van der Waals surface area contributed by atoms with Gasteiger partial charge in [0.05, 0.1) is 0 Å². The highest BCUT2D eigenvalue weighted by Crippen LogP contribution is 2.53. The summed E-state index contributed by atoms with van der Waals surface area (Å²) in [4.78, 5) is 0. The molecule has 0 nitrogen and oxygen atoms in total. The predicted molar refractivity (Wildman–Crippen MR) is 137 cm³/mol. The highest BCUT2D eigenvalue weighted by Gasteiger charge is 2.34. The molecule has 8 rings (SSSR count). The number of hydrogen-bond acceptors (Lipinski definition) is 0. The molecule has 0 N–H and O–H groups in total. The smallest absolute Gasteiger partial charge is 0.000707 e. The van der Waals surface area contributed by atoms with Crippen molar-refractivity contribution in [1.29, 1.82) is 0 Å². The molecule has 0 saturated heterocycles. The lowest BCUT2D eigenvalue weighted by Crippen LogP contribution is -1.88. The maximum atomic E-state index is 2.47. The lowest BCUT2D eigenvalue weighted by atomic mass is 9.90. The second-order valence-electron chi connectivity index (χ2n) is 9.63. The van der Waals surface area contributed by atoms with Gasteiger partial charge in [-0.05, 0) is 103 Å². The van der Waals surface area contributed by atoms with Crippen molar-refractivity contribution in [2.45, 2.75) is 19.3 Å². The van der Waals surface area contributed by atoms with Crippen molar-refractivity contribution in [2.24, 2.45) is 0 Å². The third-order valence-electron chi connectivity index (χ3n) is 7.68. The SMILES string of the molecule is c1ccc(-c2cc(-c3ccc(-c4cccc5c4C5)c4c3C4)c3c(c2-c2ccccc2)C3)cc1. The Morgan fingerprint density at radius 1 is 0.364 bits per heavy atom. The highest BCUT2D eigenvalue weighted by atomic mass is 14.4. The standard InChI is InChI=1S/C33H22/c1-3-8-20(9-4-1)27-17-28(31-19-32(31)33(27)21-10-5-2-6-11-21)25-15-14-24(29-18-30(25)29)23-13-7-12-22-16-26(22)23/h1-15,17H,16,18-19H2. The van der Waals surface area contributed by atoms with Crippen molar-refractivity contribution in [1.82, 2.24) is 0 Å². The molecule has 0 aliphatic heterocycles. The first-order valence-corrected chi connectivity index (χ1v) is 11.9. The highest BCUT2D eigenvalue weighted by molar-refractivity contribution is 5.97. The molecule has 3 aliphatic rings. The van der Waals surface area contributed by atoms with Gasteiger partial charge in [-0.15, -0.1) is 0 Å². The van der Waals surface area contributed by atoms with Crippen LogP contribution >= 0.6 is 0 Å². The largest absolute Gasteiger partial charge is 0.0622 e. The second kappa shape index (κ2) is 6.33. The minimum atomic E-state index is 1.11. The predicted octanol–water partition coefficient (Wildman–Crippen LogP) is 8.07. The number of rotatable bonds is 4. The van der Waals surface area contributed by atoms with Crippen LogP contribution in [0, 0.1) is 0 Å². The van der Waals surface area contributed by atoms with E-state index in [1.807, 2.05) is 0 Å². The normalized spacial score (nSPS) is 13.7. The molecule has 0 fully saturated rings. The van der Waals surface area contributed by atoms with Crippen LogP contribution < -0.4 is 0 Å². The van der Waals surface area contributed by atoms with Crippen LogP contribution in [0.1, 0.15) is 33.4 Å². The van der Waals surface area contributed by atoms with Crippen molar-refractivity contribution in [3.63, 3.8) is 0 Å². The van der Waals surface area contributed by atoms with Gasteiger partial charge in [0.1, 0.15) is 0 Å². The summed E-state index contributed by atoms with van der Waals surface area (Å²) in [6, 6.07) is 35.9. The number of benzene rings is 5. The van der Waals surface area contributed by atoms with E-state index >= 15 is 0 Å². The summed E-state index contributed by atoms with van der Waals surface area (Å²) in [6.45, 7) is 0. The maximum Gasteiger partial charge on any atom is -0.000707 e. The molecule has 33 heavy (non-hydrogen) atoms. The average molecular weight is 419 g/mol. The maximum absolute atomic E-state index is 2.47. The van der Waals surface area contributed by atoms with Crippen LogP contribution in [0.15, 0.2) is 97.1 Å². The van der Waals surface area contributed by atoms with E-state index in [1.54, 1.807) is 22.3 Å². The zero-order valence-corrected chi connectivity index (χ0v) is 18.4. The van der Waals surface area contributed by atoms with Crippen LogP contribution in [-0.2, 0) is 19.3 Å². The fraction of sp³-hybridized carbons (Fsp3) is 0.0909. The number of fused-ring (bicyclic) bond motifs is 3. The van der Waals surface area contributed by atoms with Crippen LogP contribution in [0.3, 0.4) is 0 Å². The Balaban J connectivity index is 1.31. The zero-order chi connectivity index (χ0) is 21.5. The fourth-order valence-electron chi connectivity index (χ4n) is 5.82. The van der Waals surface area contributed by atoms with Gasteiger partial charge in [0, 0.05) is 0 Å². The summed E-state index contributed by atoms with van der Waals surface area (Å²) in [7, 11) is 0. The minimum absolute atomic E-state index is 1.11. The molecule has 0 bridgehead atoms. The topological polar surface area (TPSA) is 0 Å². The molecule has 154 valence electrons. The zero-order valence-electron chi connectivity index (χ0n) is 18.4. The van der Waals surface area contributed by atoms with E-state index in [1.165, 1.54) is 62.1 Å². The fourth-order valence-corrected chi connectivity index (χ4v) is 5.82. The minimum Gasteiger partial charge on any atom is -0.0622 e. The molecular weight excluding hydrogens is 396 g/mol. The molecular formula is C33H22. The lowest BCUT2D eigenvalue weighted by molar-refractivity contribution is 1.56. The summed E-state index contributed by atoms with van der Waals surface area (Å²) < 4.78 is 0. The summed E-state index contributed by atoms with van der Waals surface area (Å²) in [5.41, 5.74) is 20.5. The van der Waals surface area contributed by atoms with Crippen LogP contribution in [0.25, 0.3) is 44.5 Å². The molecule has 0 unspecified atom stereocenters. The Hall–Kier alpha value is -3.90. The van der Waals surface area contributed by atoms with E-state index in [4.69, 9.17) is 0 Å². The average Bonchev–Trinajstić information content (AvgIpc) is 3.74. The number of hydrogen-bond donors (Lipinski definition) is 0. The first kappa shape index (κ1) is 17.6. The van der Waals surface area contributed by atoms with Crippen LogP contribution in [0.5, 0.6) is 0 Å². The lowest BCUT2D eigenvalue weighted by Gasteiger charge is -2.13. The molecule has 0 amide bonds. The van der Waals surface area contributed by atoms with Crippen LogP contribution in [-0.4, -0.2) is 0 Å². The molecule has 0 spiro atoms. The molecule has 0 aromatic heterocycles. The molecule has 0 heteroatoms. The van der Waals surface area contributed by atoms with E-state index < -0.39 is 0 Å². The molecule has 3 aliphatic carbocycles. The Kier molecular flexibility index (Phi) is 3.38. The Morgan fingerprint density at radius 2 is 0.970 bits per heavy atom. The quantitative estimate of drug-likeness (QED) is 0.271. The van der Waals surface area contributed by atoms with Crippen LogP contribution in [0.4, 0.5) is 0 Å². The van der Waals surface area contributed by atoms with E-state index in [2.05, 4.69) is 97.1 Å². The summed E-state index contributed by atoms with van der Waals surface area (Å²) in [5.74, 6) is 0. The van der Waals surface area contributed by atoms with E-state index in [0.717, 1.165) is 12.8 Å². The third-order valence-corrected chi connectivity index (χ3v) is 7.68.